The highest BCUT2D eigenvalue weighted by atomic mass is 16.5. The number of hydrogen-bond acceptors (Lipinski definition) is 4. The number of para-hydroxylation sites is 1. The third-order valence-electron chi connectivity index (χ3n) is 4.52. The summed E-state index contributed by atoms with van der Waals surface area (Å²) in [4.78, 5) is 17.2. The molecule has 5 nitrogen and oxygen atoms in total. The quantitative estimate of drug-likeness (QED) is 0.552. The average molecular weight is 375 g/mol. The maximum absolute atomic E-state index is 12.8. The first-order valence-corrected chi connectivity index (χ1v) is 9.38. The summed E-state index contributed by atoms with van der Waals surface area (Å²) in [6, 6.07) is 13.8. The number of anilines is 2. The molecule has 28 heavy (non-hydrogen) atoms. The number of aryl methyl sites for hydroxylation is 1. The zero-order valence-corrected chi connectivity index (χ0v) is 16.3. The molecule has 1 amide bonds. The molecule has 0 aliphatic carbocycles. The Bertz CT molecular complexity index is 998. The summed E-state index contributed by atoms with van der Waals surface area (Å²) >= 11 is 0. The lowest BCUT2D eigenvalue weighted by atomic mass is 10.0. The minimum absolute atomic E-state index is 0.201. The van der Waals surface area contributed by atoms with E-state index in [2.05, 4.69) is 35.2 Å². The predicted molar refractivity (Wildman–Crippen MR) is 115 cm³/mol. The molecule has 0 aliphatic heterocycles. The third-order valence-corrected chi connectivity index (χ3v) is 4.52. The molecule has 0 saturated heterocycles. The smallest absolute Gasteiger partial charge is 0.255 e. The van der Waals surface area contributed by atoms with Crippen molar-refractivity contribution in [3.63, 3.8) is 0 Å². The second kappa shape index (κ2) is 9.04. The monoisotopic (exact) mass is 375 g/mol. The van der Waals surface area contributed by atoms with Gasteiger partial charge in [0.1, 0.15) is 5.75 Å². The van der Waals surface area contributed by atoms with Crippen LogP contribution in [0.25, 0.3) is 10.9 Å². The first-order chi connectivity index (χ1) is 13.7. The predicted octanol–water partition coefficient (Wildman–Crippen LogP) is 4.86. The van der Waals surface area contributed by atoms with Gasteiger partial charge in [0.25, 0.3) is 5.91 Å². The number of carbonyl (C=O) groups excluding carboxylic acids is 1. The minimum atomic E-state index is -0.201. The van der Waals surface area contributed by atoms with Gasteiger partial charge in [-0.25, -0.2) is 0 Å². The van der Waals surface area contributed by atoms with E-state index in [0.29, 0.717) is 23.5 Å². The van der Waals surface area contributed by atoms with Crippen molar-refractivity contribution in [2.75, 3.05) is 19.0 Å². The second-order valence-electron chi connectivity index (χ2n) is 6.46. The first-order valence-electron chi connectivity index (χ1n) is 9.38. The number of carbonyl (C=O) groups is 1. The molecule has 0 saturated carbocycles. The van der Waals surface area contributed by atoms with E-state index < -0.39 is 0 Å². The molecule has 144 valence electrons. The normalized spacial score (nSPS) is 10.5. The van der Waals surface area contributed by atoms with Gasteiger partial charge in [0.2, 0.25) is 0 Å². The number of nitrogens with zero attached hydrogens (tertiary/aromatic N) is 1. The van der Waals surface area contributed by atoms with Crippen LogP contribution in [0, 0.1) is 0 Å². The Balaban J connectivity index is 2.16. The van der Waals surface area contributed by atoms with Crippen LogP contribution in [0.2, 0.25) is 0 Å². The fraction of sp³-hybridized carbons (Fsp3) is 0.217. The van der Waals surface area contributed by atoms with Gasteiger partial charge in [-0.2, -0.15) is 0 Å². The van der Waals surface area contributed by atoms with Crippen LogP contribution in [0.5, 0.6) is 5.75 Å². The topological polar surface area (TPSA) is 63.2 Å². The van der Waals surface area contributed by atoms with E-state index in [1.165, 1.54) is 5.56 Å². The molecule has 0 fully saturated rings. The zero-order chi connectivity index (χ0) is 19.9. The lowest BCUT2D eigenvalue weighted by molar-refractivity contribution is 0.0958. The van der Waals surface area contributed by atoms with Gasteiger partial charge in [0.15, 0.2) is 0 Å². The number of hydrogen-bond donors (Lipinski definition) is 2. The molecule has 3 aromatic rings. The first kappa shape index (κ1) is 19.4. The minimum Gasteiger partial charge on any atom is -0.497 e. The molecule has 0 unspecified atom stereocenters. The summed E-state index contributed by atoms with van der Waals surface area (Å²) in [6.45, 7) is 6.20. The van der Waals surface area contributed by atoms with Gasteiger partial charge in [0.05, 0.1) is 23.9 Å². The van der Waals surface area contributed by atoms with Crippen LogP contribution in [-0.4, -0.2) is 24.5 Å². The van der Waals surface area contributed by atoms with Crippen LogP contribution in [0.4, 0.5) is 11.4 Å². The van der Waals surface area contributed by atoms with Crippen molar-refractivity contribution < 1.29 is 9.53 Å². The van der Waals surface area contributed by atoms with Gasteiger partial charge >= 0.3 is 0 Å². The SMILES string of the molecule is C=CCNC(=O)c1cnc2ccc(OC)cc2c1Nc1ccccc1CCC. The Labute approximate surface area is 165 Å². The van der Waals surface area contributed by atoms with Crippen molar-refractivity contribution in [1.82, 2.24) is 10.3 Å². The Kier molecular flexibility index (Phi) is 6.27. The Morgan fingerprint density at radius 2 is 2.07 bits per heavy atom. The summed E-state index contributed by atoms with van der Waals surface area (Å²) in [5.41, 5.74) is 4.17. The fourth-order valence-electron chi connectivity index (χ4n) is 3.13. The molecule has 2 aromatic carbocycles. The van der Waals surface area contributed by atoms with Crippen molar-refractivity contribution in [3.8, 4) is 5.75 Å². The molecule has 2 N–H and O–H groups in total. The zero-order valence-electron chi connectivity index (χ0n) is 16.3. The van der Waals surface area contributed by atoms with Crippen LogP contribution in [0.3, 0.4) is 0 Å². The van der Waals surface area contributed by atoms with Gasteiger partial charge in [-0.05, 0) is 36.2 Å². The van der Waals surface area contributed by atoms with Crippen LogP contribution >= 0.6 is 0 Å². The van der Waals surface area contributed by atoms with Crippen molar-refractivity contribution in [3.05, 3.63) is 72.4 Å². The molecule has 0 aliphatic rings. The van der Waals surface area contributed by atoms with Gasteiger partial charge in [0, 0.05) is 23.8 Å². The number of rotatable bonds is 8. The lowest BCUT2D eigenvalue weighted by Gasteiger charge is -2.17. The number of pyridine rings is 1. The van der Waals surface area contributed by atoms with E-state index in [1.807, 2.05) is 36.4 Å². The van der Waals surface area contributed by atoms with E-state index in [4.69, 9.17) is 4.74 Å². The fourth-order valence-corrected chi connectivity index (χ4v) is 3.13. The van der Waals surface area contributed by atoms with Crippen molar-refractivity contribution in [2.24, 2.45) is 0 Å². The van der Waals surface area contributed by atoms with E-state index in [-0.39, 0.29) is 5.91 Å². The van der Waals surface area contributed by atoms with Gasteiger partial charge < -0.3 is 15.4 Å². The summed E-state index contributed by atoms with van der Waals surface area (Å²) in [5.74, 6) is 0.510. The number of nitrogens with one attached hydrogen (secondary N) is 2. The van der Waals surface area contributed by atoms with Crippen LogP contribution < -0.4 is 15.4 Å². The van der Waals surface area contributed by atoms with Crippen LogP contribution in [0.15, 0.2) is 61.3 Å². The summed E-state index contributed by atoms with van der Waals surface area (Å²) in [7, 11) is 1.62. The molecule has 0 bridgehead atoms. The summed E-state index contributed by atoms with van der Waals surface area (Å²) in [5, 5.41) is 7.17. The largest absolute Gasteiger partial charge is 0.497 e. The number of amides is 1. The standard InChI is InChI=1S/C23H25N3O2/c1-4-8-16-9-6-7-10-20(16)26-22-18-14-17(28-3)11-12-21(18)25-15-19(22)23(27)24-13-5-2/h5-7,9-12,14-15H,2,4,8,13H2,1,3H3,(H,24,27)(H,25,26). The number of methoxy groups -OCH3 is 1. The molecule has 3 rings (SSSR count). The average Bonchev–Trinajstić information content (AvgIpc) is 2.73. The van der Waals surface area contributed by atoms with Gasteiger partial charge in [-0.1, -0.05) is 37.6 Å². The molecule has 0 spiro atoms. The Morgan fingerprint density at radius 1 is 1.25 bits per heavy atom. The maximum atomic E-state index is 12.8. The number of aromatic nitrogens is 1. The molecular formula is C23H25N3O2. The summed E-state index contributed by atoms with van der Waals surface area (Å²) in [6.07, 6.45) is 5.25. The molecule has 1 aromatic heterocycles. The molecular weight excluding hydrogens is 350 g/mol. The van der Waals surface area contributed by atoms with E-state index in [0.717, 1.165) is 29.4 Å². The van der Waals surface area contributed by atoms with Gasteiger partial charge in [-0.3, -0.25) is 9.78 Å². The molecule has 0 radical (unpaired) electrons. The molecule has 1 heterocycles. The highest BCUT2D eigenvalue weighted by Gasteiger charge is 2.17. The lowest BCUT2D eigenvalue weighted by Crippen LogP contribution is -2.24. The van der Waals surface area contributed by atoms with Gasteiger partial charge in [-0.15, -0.1) is 6.58 Å². The highest BCUT2D eigenvalue weighted by Crippen LogP contribution is 2.33. The number of fused-ring (bicyclic) bond motifs is 1. The molecule has 0 atom stereocenters. The highest BCUT2D eigenvalue weighted by molar-refractivity contribution is 6.08. The van der Waals surface area contributed by atoms with E-state index in [9.17, 15) is 4.79 Å². The maximum Gasteiger partial charge on any atom is 0.255 e. The van der Waals surface area contributed by atoms with Crippen LogP contribution in [0.1, 0.15) is 29.3 Å². The Hall–Kier alpha value is -3.34. The van der Waals surface area contributed by atoms with Crippen molar-refractivity contribution >= 4 is 28.2 Å². The molecule has 5 heteroatoms. The van der Waals surface area contributed by atoms with Crippen molar-refractivity contribution in [2.45, 2.75) is 19.8 Å². The number of benzene rings is 2. The second-order valence-corrected chi connectivity index (χ2v) is 6.46. The van der Waals surface area contributed by atoms with Crippen LogP contribution in [-0.2, 0) is 6.42 Å². The van der Waals surface area contributed by atoms with E-state index in [1.54, 1.807) is 19.4 Å². The van der Waals surface area contributed by atoms with E-state index >= 15 is 0 Å². The summed E-state index contributed by atoms with van der Waals surface area (Å²) < 4.78 is 5.39. The number of ether oxygens (including phenoxy) is 1. The Morgan fingerprint density at radius 3 is 2.82 bits per heavy atom. The van der Waals surface area contributed by atoms with Crippen molar-refractivity contribution in [1.29, 1.82) is 0 Å². The third kappa shape index (κ3) is 4.14.